The van der Waals surface area contributed by atoms with Crippen LogP contribution in [0.4, 0.5) is 0 Å². The highest BCUT2D eigenvalue weighted by Gasteiger charge is 2.41. The summed E-state index contributed by atoms with van der Waals surface area (Å²) in [6.45, 7) is 2.25. The number of hydrogen-bond donors (Lipinski definition) is 1. The van der Waals surface area contributed by atoms with Gasteiger partial charge in [-0.25, -0.2) is 5.90 Å². The summed E-state index contributed by atoms with van der Waals surface area (Å²) in [6.07, 6.45) is 2.91. The lowest BCUT2D eigenvalue weighted by Gasteiger charge is -2.35. The van der Waals surface area contributed by atoms with E-state index in [0.717, 1.165) is 32.5 Å². The fourth-order valence-electron chi connectivity index (χ4n) is 1.96. The summed E-state index contributed by atoms with van der Waals surface area (Å²) in [5, 5.41) is 0. The van der Waals surface area contributed by atoms with Crippen molar-refractivity contribution in [2.75, 3.05) is 19.8 Å². The van der Waals surface area contributed by atoms with E-state index in [1.165, 1.54) is 0 Å². The molecule has 2 aliphatic heterocycles. The minimum Gasteiger partial charge on any atom is -0.378 e. The van der Waals surface area contributed by atoms with Gasteiger partial charge in [0.2, 0.25) is 0 Å². The molecule has 0 aromatic rings. The summed E-state index contributed by atoms with van der Waals surface area (Å²) in [5.41, 5.74) is -0.0811. The van der Waals surface area contributed by atoms with Crippen LogP contribution in [0.3, 0.4) is 0 Å². The molecule has 0 bridgehead atoms. The predicted octanol–water partition coefficient (Wildman–Crippen LogP) is 0.215. The molecule has 2 rings (SSSR count). The highest BCUT2D eigenvalue weighted by Crippen LogP contribution is 2.33. The molecular formula is C8H15NO3. The maximum Gasteiger partial charge on any atom is 0.0962 e. The van der Waals surface area contributed by atoms with E-state index < -0.39 is 0 Å². The van der Waals surface area contributed by atoms with E-state index in [0.29, 0.717) is 6.61 Å². The van der Waals surface area contributed by atoms with Crippen molar-refractivity contribution in [3.05, 3.63) is 0 Å². The van der Waals surface area contributed by atoms with E-state index in [1.807, 2.05) is 0 Å². The lowest BCUT2D eigenvalue weighted by atomic mass is 9.91. The second-order valence-electron chi connectivity index (χ2n) is 3.58. The van der Waals surface area contributed by atoms with Crippen LogP contribution in [-0.2, 0) is 14.3 Å². The van der Waals surface area contributed by atoms with Crippen LogP contribution in [0.1, 0.15) is 19.3 Å². The Morgan fingerprint density at radius 3 is 3.00 bits per heavy atom. The molecule has 2 atom stereocenters. The molecule has 2 fully saturated rings. The molecule has 12 heavy (non-hydrogen) atoms. The maximum absolute atomic E-state index is 5.70. The van der Waals surface area contributed by atoms with Crippen LogP contribution in [-0.4, -0.2) is 31.5 Å². The van der Waals surface area contributed by atoms with Crippen LogP contribution in [0.2, 0.25) is 0 Å². The Kier molecular flexibility index (Phi) is 2.32. The molecule has 0 radical (unpaired) electrons. The Labute approximate surface area is 71.9 Å². The van der Waals surface area contributed by atoms with Gasteiger partial charge < -0.3 is 14.3 Å². The van der Waals surface area contributed by atoms with Crippen molar-refractivity contribution in [2.45, 2.75) is 31.0 Å². The van der Waals surface area contributed by atoms with Crippen LogP contribution >= 0.6 is 0 Å². The molecule has 0 aliphatic carbocycles. The van der Waals surface area contributed by atoms with Gasteiger partial charge in [-0.2, -0.15) is 0 Å². The third kappa shape index (κ3) is 1.47. The van der Waals surface area contributed by atoms with E-state index in [4.69, 9.17) is 20.2 Å². The fraction of sp³-hybridized carbons (Fsp3) is 1.00. The first kappa shape index (κ1) is 8.44. The van der Waals surface area contributed by atoms with Gasteiger partial charge in [0.15, 0.2) is 0 Å². The van der Waals surface area contributed by atoms with Crippen LogP contribution < -0.4 is 5.90 Å². The van der Waals surface area contributed by atoms with Gasteiger partial charge in [-0.15, -0.1) is 0 Å². The molecule has 2 heterocycles. The van der Waals surface area contributed by atoms with Crippen molar-refractivity contribution in [1.82, 2.24) is 0 Å². The Balaban J connectivity index is 1.97. The molecule has 2 saturated heterocycles. The van der Waals surface area contributed by atoms with Crippen LogP contribution in [0.25, 0.3) is 0 Å². The van der Waals surface area contributed by atoms with Gasteiger partial charge in [0.1, 0.15) is 0 Å². The zero-order valence-electron chi connectivity index (χ0n) is 7.12. The van der Waals surface area contributed by atoms with E-state index >= 15 is 0 Å². The smallest absolute Gasteiger partial charge is 0.0962 e. The zero-order chi connectivity index (χ0) is 8.44. The summed E-state index contributed by atoms with van der Waals surface area (Å²) in [6, 6.07) is 0. The fourth-order valence-corrected chi connectivity index (χ4v) is 1.96. The van der Waals surface area contributed by atoms with E-state index in [1.54, 1.807) is 0 Å². The van der Waals surface area contributed by atoms with Gasteiger partial charge in [0.05, 0.1) is 18.3 Å². The summed E-state index contributed by atoms with van der Waals surface area (Å²) in [4.78, 5) is 4.84. The summed E-state index contributed by atoms with van der Waals surface area (Å²) < 4.78 is 11.0. The van der Waals surface area contributed by atoms with Gasteiger partial charge in [-0.05, 0) is 6.42 Å². The SMILES string of the molecule is NOC1CCOC2(CCOC2)C1. The van der Waals surface area contributed by atoms with E-state index in [-0.39, 0.29) is 11.7 Å². The van der Waals surface area contributed by atoms with Gasteiger partial charge in [0, 0.05) is 26.1 Å². The zero-order valence-corrected chi connectivity index (χ0v) is 7.12. The quantitative estimate of drug-likeness (QED) is 0.576. The van der Waals surface area contributed by atoms with Crippen LogP contribution in [0, 0.1) is 0 Å². The van der Waals surface area contributed by atoms with Crippen LogP contribution in [0.15, 0.2) is 0 Å². The molecule has 2 aliphatic rings. The molecule has 0 saturated carbocycles. The summed E-state index contributed by atoms with van der Waals surface area (Å²) >= 11 is 0. The van der Waals surface area contributed by atoms with Crippen LogP contribution in [0.5, 0.6) is 0 Å². The lowest BCUT2D eigenvalue weighted by Crippen LogP contribution is -2.43. The van der Waals surface area contributed by atoms with Gasteiger partial charge in [-0.1, -0.05) is 0 Å². The molecule has 70 valence electrons. The number of rotatable bonds is 1. The van der Waals surface area contributed by atoms with Crippen molar-refractivity contribution >= 4 is 0 Å². The largest absolute Gasteiger partial charge is 0.378 e. The molecule has 0 aromatic heterocycles. The average molecular weight is 173 g/mol. The van der Waals surface area contributed by atoms with Crippen molar-refractivity contribution in [1.29, 1.82) is 0 Å². The Morgan fingerprint density at radius 2 is 2.33 bits per heavy atom. The van der Waals surface area contributed by atoms with E-state index in [9.17, 15) is 0 Å². The number of hydrogen-bond acceptors (Lipinski definition) is 4. The van der Waals surface area contributed by atoms with Crippen molar-refractivity contribution in [3.8, 4) is 0 Å². The second kappa shape index (κ2) is 3.30. The average Bonchev–Trinajstić information content (AvgIpc) is 2.53. The highest BCUT2D eigenvalue weighted by molar-refractivity contribution is 4.90. The minimum atomic E-state index is -0.0811. The molecule has 0 amide bonds. The Hall–Kier alpha value is -0.160. The van der Waals surface area contributed by atoms with Gasteiger partial charge >= 0.3 is 0 Å². The van der Waals surface area contributed by atoms with Crippen molar-refractivity contribution < 1.29 is 14.3 Å². The van der Waals surface area contributed by atoms with Crippen molar-refractivity contribution in [3.63, 3.8) is 0 Å². The van der Waals surface area contributed by atoms with Crippen molar-refractivity contribution in [2.24, 2.45) is 5.90 Å². The number of nitrogens with two attached hydrogens (primary N) is 1. The molecule has 1 spiro atoms. The third-order valence-electron chi connectivity index (χ3n) is 2.71. The standard InChI is InChI=1S/C8H15NO3/c9-12-7-1-3-11-8(5-7)2-4-10-6-8/h7H,1-6,9H2. The number of ether oxygens (including phenoxy) is 2. The molecular weight excluding hydrogens is 158 g/mol. The molecule has 4 heteroatoms. The molecule has 0 aromatic carbocycles. The first-order valence-corrected chi connectivity index (χ1v) is 4.42. The minimum absolute atomic E-state index is 0.0811. The molecule has 2 unspecified atom stereocenters. The normalized spacial score (nSPS) is 42.2. The summed E-state index contributed by atoms with van der Waals surface area (Å²) in [7, 11) is 0. The molecule has 2 N–H and O–H groups in total. The highest BCUT2D eigenvalue weighted by atomic mass is 16.6. The van der Waals surface area contributed by atoms with Gasteiger partial charge in [0.25, 0.3) is 0 Å². The second-order valence-corrected chi connectivity index (χ2v) is 3.58. The monoisotopic (exact) mass is 173 g/mol. The Morgan fingerprint density at radius 1 is 1.42 bits per heavy atom. The first-order chi connectivity index (χ1) is 5.85. The topological polar surface area (TPSA) is 53.7 Å². The first-order valence-electron chi connectivity index (χ1n) is 4.42. The molecule has 4 nitrogen and oxygen atoms in total. The third-order valence-corrected chi connectivity index (χ3v) is 2.71. The van der Waals surface area contributed by atoms with E-state index in [2.05, 4.69) is 0 Å². The maximum atomic E-state index is 5.70. The summed E-state index contributed by atoms with van der Waals surface area (Å²) in [5.74, 6) is 5.16. The Bertz CT molecular complexity index is 156. The predicted molar refractivity (Wildman–Crippen MR) is 42.4 cm³/mol. The van der Waals surface area contributed by atoms with Gasteiger partial charge in [-0.3, -0.25) is 0 Å². The lowest BCUT2D eigenvalue weighted by molar-refractivity contribution is -0.134.